The smallest absolute Gasteiger partial charge is 0.223 e. The predicted octanol–water partition coefficient (Wildman–Crippen LogP) is 2.38. The van der Waals surface area contributed by atoms with Crippen molar-refractivity contribution >= 4 is 5.78 Å². The van der Waals surface area contributed by atoms with Crippen LogP contribution in [0, 0.1) is 0 Å². The lowest BCUT2D eigenvalue weighted by molar-refractivity contribution is 0.0528. The Morgan fingerprint density at radius 3 is 2.62 bits per heavy atom. The van der Waals surface area contributed by atoms with Crippen molar-refractivity contribution in [2.45, 2.75) is 52.2 Å². The number of hydrogen-bond donors (Lipinski definition) is 0. The number of aromatic nitrogens is 2. The molecule has 0 radical (unpaired) electrons. The summed E-state index contributed by atoms with van der Waals surface area (Å²) >= 11 is 0. The molecule has 1 aromatic heterocycles. The zero-order chi connectivity index (χ0) is 12.1. The van der Waals surface area contributed by atoms with Gasteiger partial charge in [0.2, 0.25) is 5.88 Å². The molecule has 2 rings (SSSR count). The van der Waals surface area contributed by atoms with Gasteiger partial charge in [0, 0.05) is 0 Å². The molecular formula is C12H18N2O2. The third-order valence-corrected chi connectivity index (χ3v) is 2.62. The summed E-state index contributed by atoms with van der Waals surface area (Å²) in [4.78, 5) is 11.9. The van der Waals surface area contributed by atoms with E-state index in [9.17, 15) is 4.79 Å². The monoisotopic (exact) mass is 222 g/mol. The average Bonchev–Trinajstić information content (AvgIpc) is 2.43. The van der Waals surface area contributed by atoms with E-state index in [0.717, 1.165) is 0 Å². The minimum atomic E-state index is -0.437. The van der Waals surface area contributed by atoms with Gasteiger partial charge in [-0.25, -0.2) is 4.68 Å². The highest BCUT2D eigenvalue weighted by Gasteiger charge is 2.37. The predicted molar refractivity (Wildman–Crippen MR) is 60.9 cm³/mol. The first-order valence-electron chi connectivity index (χ1n) is 5.51. The molecule has 16 heavy (non-hydrogen) atoms. The molecule has 4 nitrogen and oxygen atoms in total. The second-order valence-electron chi connectivity index (χ2n) is 5.91. The van der Waals surface area contributed by atoms with E-state index in [1.165, 1.54) is 0 Å². The first-order valence-corrected chi connectivity index (χ1v) is 5.51. The van der Waals surface area contributed by atoms with Crippen LogP contribution in [0.15, 0.2) is 6.20 Å². The fourth-order valence-corrected chi connectivity index (χ4v) is 1.88. The van der Waals surface area contributed by atoms with E-state index in [4.69, 9.17) is 4.74 Å². The molecule has 0 saturated carbocycles. The van der Waals surface area contributed by atoms with Crippen LogP contribution in [-0.4, -0.2) is 21.2 Å². The average molecular weight is 222 g/mol. The maximum Gasteiger partial charge on any atom is 0.223 e. The van der Waals surface area contributed by atoms with Gasteiger partial charge in [-0.3, -0.25) is 4.79 Å². The highest BCUT2D eigenvalue weighted by atomic mass is 16.5. The Morgan fingerprint density at radius 2 is 2.06 bits per heavy atom. The molecule has 0 aliphatic carbocycles. The number of ether oxygens (including phenoxy) is 1. The summed E-state index contributed by atoms with van der Waals surface area (Å²) in [6, 6.07) is 0. The molecule has 4 heteroatoms. The molecule has 0 spiro atoms. The molecule has 0 saturated heterocycles. The molecule has 1 aromatic rings. The Morgan fingerprint density at radius 1 is 1.44 bits per heavy atom. The topological polar surface area (TPSA) is 44.1 Å². The third kappa shape index (κ3) is 1.72. The van der Waals surface area contributed by atoms with Gasteiger partial charge in [0.15, 0.2) is 5.78 Å². The zero-order valence-corrected chi connectivity index (χ0v) is 10.5. The Bertz CT molecular complexity index is 438. The van der Waals surface area contributed by atoms with E-state index >= 15 is 0 Å². The van der Waals surface area contributed by atoms with E-state index in [1.54, 1.807) is 10.9 Å². The Labute approximate surface area is 95.6 Å². The van der Waals surface area contributed by atoms with Crippen LogP contribution in [-0.2, 0) is 5.54 Å². The van der Waals surface area contributed by atoms with Crippen LogP contribution in [0.1, 0.15) is 51.4 Å². The minimum absolute atomic E-state index is 0.113. The molecular weight excluding hydrogens is 204 g/mol. The van der Waals surface area contributed by atoms with Gasteiger partial charge in [-0.05, 0) is 34.6 Å². The summed E-state index contributed by atoms with van der Waals surface area (Å²) in [6.07, 6.45) is 2.02. The molecule has 0 aromatic carbocycles. The molecule has 0 amide bonds. The van der Waals surface area contributed by atoms with Crippen molar-refractivity contribution in [1.82, 2.24) is 9.78 Å². The van der Waals surface area contributed by atoms with Gasteiger partial charge in [0.05, 0.1) is 23.7 Å². The van der Waals surface area contributed by atoms with Crippen LogP contribution < -0.4 is 4.74 Å². The maximum atomic E-state index is 11.9. The lowest BCUT2D eigenvalue weighted by Gasteiger charge is -2.32. The first kappa shape index (κ1) is 11.2. The molecule has 0 N–H and O–H groups in total. The summed E-state index contributed by atoms with van der Waals surface area (Å²) in [7, 11) is 0. The molecule has 2 heterocycles. The van der Waals surface area contributed by atoms with Crippen molar-refractivity contribution in [3.05, 3.63) is 11.8 Å². The second-order valence-corrected chi connectivity index (χ2v) is 5.91. The molecule has 1 aliphatic heterocycles. The molecule has 0 bridgehead atoms. The van der Waals surface area contributed by atoms with E-state index in [1.807, 2.05) is 34.6 Å². The number of carbonyl (C=O) groups is 1. The number of rotatable bonds is 0. The highest BCUT2D eigenvalue weighted by molar-refractivity contribution is 5.99. The zero-order valence-electron chi connectivity index (χ0n) is 10.5. The summed E-state index contributed by atoms with van der Waals surface area (Å²) in [5.74, 6) is 0.718. The number of fused-ring (bicyclic) bond motifs is 1. The van der Waals surface area contributed by atoms with Gasteiger partial charge in [0.1, 0.15) is 5.60 Å². The van der Waals surface area contributed by atoms with Crippen LogP contribution in [0.4, 0.5) is 0 Å². The van der Waals surface area contributed by atoms with Crippen LogP contribution in [0.2, 0.25) is 0 Å². The quantitative estimate of drug-likeness (QED) is 0.677. The molecule has 0 atom stereocenters. The van der Waals surface area contributed by atoms with Crippen LogP contribution >= 0.6 is 0 Å². The Balaban J connectivity index is 2.54. The fourth-order valence-electron chi connectivity index (χ4n) is 1.88. The molecule has 88 valence electrons. The molecule has 0 unspecified atom stereocenters. The number of ketones is 1. The van der Waals surface area contributed by atoms with E-state index in [-0.39, 0.29) is 11.3 Å². The van der Waals surface area contributed by atoms with Gasteiger partial charge in [-0.1, -0.05) is 0 Å². The van der Waals surface area contributed by atoms with E-state index in [0.29, 0.717) is 17.9 Å². The van der Waals surface area contributed by atoms with E-state index in [2.05, 4.69) is 5.10 Å². The minimum Gasteiger partial charge on any atom is -0.471 e. The largest absolute Gasteiger partial charge is 0.471 e. The fraction of sp³-hybridized carbons (Fsp3) is 0.667. The van der Waals surface area contributed by atoms with Crippen molar-refractivity contribution in [1.29, 1.82) is 0 Å². The van der Waals surface area contributed by atoms with Crippen molar-refractivity contribution in [3.63, 3.8) is 0 Å². The van der Waals surface area contributed by atoms with Gasteiger partial charge >= 0.3 is 0 Å². The third-order valence-electron chi connectivity index (χ3n) is 2.62. The number of hydrogen-bond acceptors (Lipinski definition) is 3. The summed E-state index contributed by atoms with van der Waals surface area (Å²) < 4.78 is 7.65. The highest BCUT2D eigenvalue weighted by Crippen LogP contribution is 2.35. The van der Waals surface area contributed by atoms with Crippen LogP contribution in [0.5, 0.6) is 5.88 Å². The number of nitrogens with zero attached hydrogens (tertiary/aromatic N) is 2. The molecule has 1 aliphatic rings. The van der Waals surface area contributed by atoms with Gasteiger partial charge in [-0.15, -0.1) is 0 Å². The van der Waals surface area contributed by atoms with Crippen molar-refractivity contribution in [2.24, 2.45) is 0 Å². The Hall–Kier alpha value is -1.32. The lowest BCUT2D eigenvalue weighted by Crippen LogP contribution is -2.38. The number of Topliss-reactive ketones (excluding diaryl/α,β-unsaturated/α-hetero) is 1. The van der Waals surface area contributed by atoms with E-state index < -0.39 is 5.60 Å². The van der Waals surface area contributed by atoms with Crippen LogP contribution in [0.25, 0.3) is 0 Å². The van der Waals surface area contributed by atoms with Crippen molar-refractivity contribution < 1.29 is 9.53 Å². The number of carbonyl (C=O) groups excluding carboxylic acids is 1. The Kier molecular flexibility index (Phi) is 2.16. The summed E-state index contributed by atoms with van der Waals surface area (Å²) in [6.45, 7) is 9.96. The van der Waals surface area contributed by atoms with Gasteiger partial charge < -0.3 is 4.74 Å². The maximum absolute atomic E-state index is 11.9. The van der Waals surface area contributed by atoms with Gasteiger partial charge in [-0.2, -0.15) is 5.10 Å². The first-order chi connectivity index (χ1) is 7.21. The van der Waals surface area contributed by atoms with Gasteiger partial charge in [0.25, 0.3) is 0 Å². The standard InChI is InChI=1S/C12H18N2O2/c1-11(2,3)14-10-8(7-13-14)9(15)6-12(4,5)16-10/h7H,6H2,1-5H3. The SMILES string of the molecule is CC1(C)CC(=O)c2cnn(C(C)(C)C)c2O1. The summed E-state index contributed by atoms with van der Waals surface area (Å²) in [5, 5.41) is 4.26. The molecule has 0 fully saturated rings. The van der Waals surface area contributed by atoms with Crippen molar-refractivity contribution in [2.75, 3.05) is 0 Å². The van der Waals surface area contributed by atoms with Crippen molar-refractivity contribution in [3.8, 4) is 5.88 Å². The van der Waals surface area contributed by atoms with Crippen LogP contribution in [0.3, 0.4) is 0 Å². The summed E-state index contributed by atoms with van der Waals surface area (Å²) in [5.41, 5.74) is -0.0109. The lowest BCUT2D eigenvalue weighted by atomic mass is 9.95. The normalized spacial score (nSPS) is 19.2. The second kappa shape index (κ2) is 3.09.